The fourth-order valence-corrected chi connectivity index (χ4v) is 2.58. The molecule has 1 saturated carbocycles. The van der Waals surface area contributed by atoms with E-state index in [1.54, 1.807) is 23.1 Å². The van der Waals surface area contributed by atoms with Gasteiger partial charge in [0.2, 0.25) is 5.91 Å². The van der Waals surface area contributed by atoms with Crippen molar-refractivity contribution in [2.45, 2.75) is 38.6 Å². The van der Waals surface area contributed by atoms with Gasteiger partial charge >= 0.3 is 0 Å². The van der Waals surface area contributed by atoms with Gasteiger partial charge in [0.05, 0.1) is 6.61 Å². The van der Waals surface area contributed by atoms with E-state index in [0.29, 0.717) is 6.54 Å². The zero-order valence-corrected chi connectivity index (χ0v) is 10.6. The average Bonchev–Trinajstić information content (AvgIpc) is 2.90. The average molecular weight is 251 g/mol. The Bertz CT molecular complexity index is 370. The second kappa shape index (κ2) is 6.00. The Balaban J connectivity index is 1.80. The van der Waals surface area contributed by atoms with Crippen LogP contribution in [0.5, 0.6) is 0 Å². The van der Waals surface area contributed by atoms with Gasteiger partial charge in [-0.1, -0.05) is 19.3 Å². The number of rotatable bonds is 5. The zero-order valence-electron chi connectivity index (χ0n) is 10.6. The zero-order chi connectivity index (χ0) is 12.8. The van der Waals surface area contributed by atoms with Gasteiger partial charge in [0.25, 0.3) is 0 Å². The van der Waals surface area contributed by atoms with Gasteiger partial charge in [0, 0.05) is 24.4 Å². The maximum absolute atomic E-state index is 11.8. The van der Waals surface area contributed by atoms with Crippen LogP contribution < -0.4 is 5.32 Å². The summed E-state index contributed by atoms with van der Waals surface area (Å²) in [6, 6.07) is 1.80. The molecule has 0 aromatic carbocycles. The number of hydrogen-bond donors (Lipinski definition) is 2. The molecule has 0 bridgehead atoms. The Morgan fingerprint density at radius 3 is 2.78 bits per heavy atom. The molecule has 0 spiro atoms. The molecule has 1 amide bonds. The smallest absolute Gasteiger partial charge is 0.241 e. The van der Waals surface area contributed by atoms with Crippen molar-refractivity contribution < 1.29 is 9.90 Å². The molecule has 5 nitrogen and oxygen atoms in total. The van der Waals surface area contributed by atoms with E-state index < -0.39 is 0 Å². The Morgan fingerprint density at radius 1 is 1.39 bits per heavy atom. The summed E-state index contributed by atoms with van der Waals surface area (Å²) in [6.45, 7) is 0.979. The lowest BCUT2D eigenvalue weighted by Gasteiger charge is -2.35. The third-order valence-electron chi connectivity index (χ3n) is 3.77. The quantitative estimate of drug-likeness (QED) is 0.818. The predicted octanol–water partition coefficient (Wildman–Crippen LogP) is 0.942. The molecular formula is C13H21N3O2. The van der Waals surface area contributed by atoms with Gasteiger partial charge in [-0.25, -0.2) is 0 Å². The minimum atomic E-state index is -0.0992. The van der Waals surface area contributed by atoms with Gasteiger partial charge < -0.3 is 10.4 Å². The van der Waals surface area contributed by atoms with E-state index in [4.69, 9.17) is 0 Å². The van der Waals surface area contributed by atoms with Gasteiger partial charge in [-0.15, -0.1) is 0 Å². The summed E-state index contributed by atoms with van der Waals surface area (Å²) in [6.07, 6.45) is 8.97. The highest BCUT2D eigenvalue weighted by Gasteiger charge is 2.31. The van der Waals surface area contributed by atoms with Gasteiger partial charge in [0.1, 0.15) is 6.54 Å². The van der Waals surface area contributed by atoms with Crippen molar-refractivity contribution in [2.24, 2.45) is 5.41 Å². The molecule has 100 valence electrons. The van der Waals surface area contributed by atoms with Crippen LogP contribution in [0, 0.1) is 5.41 Å². The molecule has 1 aliphatic carbocycles. The maximum Gasteiger partial charge on any atom is 0.241 e. The summed E-state index contributed by atoms with van der Waals surface area (Å²) >= 11 is 0. The molecular weight excluding hydrogens is 230 g/mol. The summed E-state index contributed by atoms with van der Waals surface area (Å²) in [7, 11) is 0. The van der Waals surface area contributed by atoms with Crippen molar-refractivity contribution in [1.82, 2.24) is 15.1 Å². The molecule has 2 rings (SSSR count). The van der Waals surface area contributed by atoms with Gasteiger partial charge in [-0.05, 0) is 18.9 Å². The lowest BCUT2D eigenvalue weighted by Crippen LogP contribution is -2.42. The lowest BCUT2D eigenvalue weighted by molar-refractivity contribution is -0.122. The highest BCUT2D eigenvalue weighted by atomic mass is 16.3. The fraction of sp³-hybridized carbons (Fsp3) is 0.692. The Morgan fingerprint density at radius 2 is 2.17 bits per heavy atom. The Hall–Kier alpha value is -1.36. The lowest BCUT2D eigenvalue weighted by atomic mass is 9.74. The fourth-order valence-electron chi connectivity index (χ4n) is 2.58. The molecule has 1 aromatic heterocycles. The Kier molecular flexibility index (Phi) is 4.36. The minimum Gasteiger partial charge on any atom is -0.396 e. The van der Waals surface area contributed by atoms with Crippen LogP contribution in [-0.4, -0.2) is 33.9 Å². The summed E-state index contributed by atoms with van der Waals surface area (Å²) in [5.74, 6) is -0.0444. The first kappa shape index (κ1) is 13.1. The minimum absolute atomic E-state index is 0.0444. The van der Waals surface area contributed by atoms with Crippen LogP contribution in [0.3, 0.4) is 0 Å². The maximum atomic E-state index is 11.8. The number of nitrogens with zero attached hydrogens (tertiary/aromatic N) is 2. The molecule has 1 heterocycles. The first-order valence-corrected chi connectivity index (χ1v) is 6.59. The third kappa shape index (κ3) is 3.32. The number of amides is 1. The van der Waals surface area contributed by atoms with Crippen LogP contribution in [0.4, 0.5) is 0 Å². The van der Waals surface area contributed by atoms with Crippen LogP contribution in [0.1, 0.15) is 32.1 Å². The largest absolute Gasteiger partial charge is 0.396 e. The molecule has 0 unspecified atom stereocenters. The van der Waals surface area contributed by atoms with Crippen LogP contribution in [0.25, 0.3) is 0 Å². The summed E-state index contributed by atoms with van der Waals surface area (Å²) in [5, 5.41) is 16.5. The molecule has 0 aliphatic heterocycles. The molecule has 0 atom stereocenters. The normalized spacial score (nSPS) is 18.5. The molecule has 1 fully saturated rings. The highest BCUT2D eigenvalue weighted by Crippen LogP contribution is 2.35. The number of aliphatic hydroxyl groups excluding tert-OH is 1. The number of aromatic nitrogens is 2. The van der Waals surface area contributed by atoms with Crippen LogP contribution in [-0.2, 0) is 11.3 Å². The van der Waals surface area contributed by atoms with Crippen LogP contribution in [0.15, 0.2) is 18.5 Å². The van der Waals surface area contributed by atoms with E-state index in [1.165, 1.54) is 6.42 Å². The van der Waals surface area contributed by atoms with Crippen LogP contribution in [0.2, 0.25) is 0 Å². The standard InChI is InChI=1S/C13H21N3O2/c17-11-13(5-2-1-3-6-13)10-14-12(18)9-16-8-4-7-15-16/h4,7-8,17H,1-3,5-6,9-11H2,(H,14,18). The van der Waals surface area contributed by atoms with Crippen LogP contribution >= 0.6 is 0 Å². The monoisotopic (exact) mass is 251 g/mol. The van der Waals surface area contributed by atoms with E-state index in [-0.39, 0.29) is 24.5 Å². The molecule has 2 N–H and O–H groups in total. The molecule has 1 aromatic rings. The van der Waals surface area contributed by atoms with E-state index in [2.05, 4.69) is 10.4 Å². The summed E-state index contributed by atoms with van der Waals surface area (Å²) in [4.78, 5) is 11.8. The van der Waals surface area contributed by atoms with E-state index in [0.717, 1.165) is 25.7 Å². The summed E-state index contributed by atoms with van der Waals surface area (Å²) in [5.41, 5.74) is -0.0992. The molecule has 1 aliphatic rings. The first-order chi connectivity index (χ1) is 8.74. The van der Waals surface area contributed by atoms with E-state index >= 15 is 0 Å². The highest BCUT2D eigenvalue weighted by molar-refractivity contribution is 5.75. The van der Waals surface area contributed by atoms with E-state index in [9.17, 15) is 9.90 Å². The van der Waals surface area contributed by atoms with Crippen molar-refractivity contribution in [2.75, 3.05) is 13.2 Å². The second-order valence-corrected chi connectivity index (χ2v) is 5.20. The van der Waals surface area contributed by atoms with Crippen molar-refractivity contribution >= 4 is 5.91 Å². The van der Waals surface area contributed by atoms with Gasteiger partial charge in [0.15, 0.2) is 0 Å². The van der Waals surface area contributed by atoms with E-state index in [1.807, 2.05) is 0 Å². The van der Waals surface area contributed by atoms with Gasteiger partial charge in [-0.3, -0.25) is 9.48 Å². The van der Waals surface area contributed by atoms with Crippen molar-refractivity contribution in [3.8, 4) is 0 Å². The Labute approximate surface area is 107 Å². The van der Waals surface area contributed by atoms with Crippen molar-refractivity contribution in [3.05, 3.63) is 18.5 Å². The number of carbonyl (C=O) groups excluding carboxylic acids is 1. The predicted molar refractivity (Wildman–Crippen MR) is 67.8 cm³/mol. The third-order valence-corrected chi connectivity index (χ3v) is 3.77. The number of nitrogens with one attached hydrogen (secondary N) is 1. The number of hydrogen-bond acceptors (Lipinski definition) is 3. The first-order valence-electron chi connectivity index (χ1n) is 6.59. The molecule has 0 saturated heterocycles. The topological polar surface area (TPSA) is 67.2 Å². The summed E-state index contributed by atoms with van der Waals surface area (Å²) < 4.78 is 1.60. The molecule has 18 heavy (non-hydrogen) atoms. The van der Waals surface area contributed by atoms with Gasteiger partial charge in [-0.2, -0.15) is 5.10 Å². The van der Waals surface area contributed by atoms with Crippen molar-refractivity contribution in [3.63, 3.8) is 0 Å². The number of carbonyl (C=O) groups is 1. The molecule has 5 heteroatoms. The number of aliphatic hydroxyl groups is 1. The molecule has 0 radical (unpaired) electrons. The SMILES string of the molecule is O=C(Cn1cccn1)NCC1(CO)CCCCC1. The van der Waals surface area contributed by atoms with Crippen molar-refractivity contribution in [1.29, 1.82) is 0 Å². The second-order valence-electron chi connectivity index (χ2n) is 5.20.